The molecule has 4 unspecified atom stereocenters. The number of fused-ring (bicyclic) bond motifs is 2. The first-order valence-electron chi connectivity index (χ1n) is 7.25. The fraction of sp³-hybridized carbons (Fsp3) is 1.00. The molecule has 92 valence electrons. The molecule has 0 radical (unpaired) electrons. The lowest BCUT2D eigenvalue weighted by Crippen LogP contribution is -2.39. The van der Waals surface area contributed by atoms with Crippen molar-refractivity contribution < 1.29 is 5.11 Å². The zero-order valence-electron chi connectivity index (χ0n) is 10.3. The summed E-state index contributed by atoms with van der Waals surface area (Å²) in [6, 6.07) is 0.875. The smallest absolute Gasteiger partial charge is 0.0580 e. The van der Waals surface area contributed by atoms with Crippen LogP contribution in [0.1, 0.15) is 51.4 Å². The van der Waals surface area contributed by atoms with E-state index in [1.165, 1.54) is 58.0 Å². The summed E-state index contributed by atoms with van der Waals surface area (Å²) in [5.41, 5.74) is 0. The number of aliphatic hydroxyl groups is 1. The Morgan fingerprint density at radius 1 is 1.00 bits per heavy atom. The van der Waals surface area contributed by atoms with E-state index in [1.807, 2.05) is 0 Å². The lowest BCUT2D eigenvalue weighted by molar-refractivity contribution is 0.0645. The van der Waals surface area contributed by atoms with Gasteiger partial charge < -0.3 is 5.11 Å². The first-order chi connectivity index (χ1) is 7.83. The summed E-state index contributed by atoms with van der Waals surface area (Å²) in [5, 5.41) is 10.2. The van der Waals surface area contributed by atoms with E-state index < -0.39 is 0 Å². The topological polar surface area (TPSA) is 23.5 Å². The highest BCUT2D eigenvalue weighted by molar-refractivity contribution is 4.93. The van der Waals surface area contributed by atoms with Gasteiger partial charge in [0.15, 0.2) is 0 Å². The summed E-state index contributed by atoms with van der Waals surface area (Å²) in [4.78, 5) is 2.69. The predicted octanol–water partition coefficient (Wildman–Crippen LogP) is 2.41. The Bertz CT molecular complexity index is 243. The summed E-state index contributed by atoms with van der Waals surface area (Å²) in [6.07, 6.45) is 10.5. The molecule has 16 heavy (non-hydrogen) atoms. The van der Waals surface area contributed by atoms with Crippen LogP contribution in [0, 0.1) is 11.8 Å². The van der Waals surface area contributed by atoms with Gasteiger partial charge in [0.25, 0.3) is 0 Å². The Labute approximate surface area is 99.0 Å². The lowest BCUT2D eigenvalue weighted by atomic mass is 9.96. The zero-order chi connectivity index (χ0) is 11.0. The van der Waals surface area contributed by atoms with Crippen LogP contribution in [0.25, 0.3) is 0 Å². The van der Waals surface area contributed by atoms with Crippen LogP contribution in [0.2, 0.25) is 0 Å². The fourth-order valence-electron chi connectivity index (χ4n) is 4.13. The molecule has 0 aromatic heterocycles. The molecule has 1 aliphatic heterocycles. The van der Waals surface area contributed by atoms with Gasteiger partial charge in [0.2, 0.25) is 0 Å². The van der Waals surface area contributed by atoms with E-state index in [2.05, 4.69) is 4.90 Å². The van der Waals surface area contributed by atoms with Crippen molar-refractivity contribution in [2.75, 3.05) is 13.1 Å². The van der Waals surface area contributed by atoms with Crippen molar-refractivity contribution in [2.24, 2.45) is 11.8 Å². The van der Waals surface area contributed by atoms with Crippen LogP contribution in [0.15, 0.2) is 0 Å². The number of hydrogen-bond donors (Lipinski definition) is 1. The number of piperidine rings is 1. The molecule has 2 heteroatoms. The van der Waals surface area contributed by atoms with E-state index in [9.17, 15) is 5.11 Å². The van der Waals surface area contributed by atoms with E-state index >= 15 is 0 Å². The molecule has 4 atom stereocenters. The first kappa shape index (κ1) is 11.0. The summed E-state index contributed by atoms with van der Waals surface area (Å²) < 4.78 is 0. The Kier molecular flexibility index (Phi) is 3.21. The minimum Gasteiger partial charge on any atom is -0.393 e. The lowest BCUT2D eigenvalue weighted by Gasteiger charge is -2.32. The molecule has 3 fully saturated rings. The van der Waals surface area contributed by atoms with Gasteiger partial charge in [-0.1, -0.05) is 19.3 Å². The third-order valence-electron chi connectivity index (χ3n) is 5.11. The maximum absolute atomic E-state index is 10.2. The first-order valence-corrected chi connectivity index (χ1v) is 7.25. The molecule has 3 rings (SSSR count). The fourth-order valence-corrected chi connectivity index (χ4v) is 4.13. The van der Waals surface area contributed by atoms with E-state index in [0.717, 1.165) is 18.4 Å². The van der Waals surface area contributed by atoms with Crippen LogP contribution >= 0.6 is 0 Å². The van der Waals surface area contributed by atoms with Gasteiger partial charge in [0.05, 0.1) is 6.10 Å². The average molecular weight is 223 g/mol. The monoisotopic (exact) mass is 223 g/mol. The number of aliphatic hydroxyl groups excluding tert-OH is 1. The summed E-state index contributed by atoms with van der Waals surface area (Å²) in [6.45, 7) is 2.51. The molecular weight excluding hydrogens is 198 g/mol. The minimum absolute atomic E-state index is 0.0124. The zero-order valence-corrected chi connectivity index (χ0v) is 10.3. The molecule has 2 saturated carbocycles. The average Bonchev–Trinajstić information content (AvgIpc) is 2.83. The Morgan fingerprint density at radius 3 is 2.62 bits per heavy atom. The van der Waals surface area contributed by atoms with Crippen molar-refractivity contribution in [3.05, 3.63) is 0 Å². The second-order valence-electron chi connectivity index (χ2n) is 6.25. The third-order valence-corrected chi connectivity index (χ3v) is 5.11. The van der Waals surface area contributed by atoms with E-state index in [0.29, 0.717) is 5.92 Å². The molecule has 1 heterocycles. The molecule has 3 aliphatic rings. The highest BCUT2D eigenvalue weighted by atomic mass is 16.3. The van der Waals surface area contributed by atoms with Gasteiger partial charge in [-0.3, -0.25) is 4.90 Å². The molecule has 2 nitrogen and oxygen atoms in total. The quantitative estimate of drug-likeness (QED) is 0.727. The highest BCUT2D eigenvalue weighted by Crippen LogP contribution is 2.38. The van der Waals surface area contributed by atoms with Gasteiger partial charge >= 0.3 is 0 Å². The van der Waals surface area contributed by atoms with Crippen molar-refractivity contribution in [3.8, 4) is 0 Å². The largest absolute Gasteiger partial charge is 0.393 e. The molecule has 2 aliphatic carbocycles. The summed E-state index contributed by atoms with van der Waals surface area (Å²) >= 11 is 0. The predicted molar refractivity (Wildman–Crippen MR) is 65.3 cm³/mol. The van der Waals surface area contributed by atoms with Gasteiger partial charge in [0, 0.05) is 19.1 Å². The second-order valence-corrected chi connectivity index (χ2v) is 6.25. The molecule has 0 spiro atoms. The minimum atomic E-state index is -0.0124. The van der Waals surface area contributed by atoms with Gasteiger partial charge in [-0.05, 0) is 43.9 Å². The molecule has 1 saturated heterocycles. The summed E-state index contributed by atoms with van der Waals surface area (Å²) in [5.74, 6) is 1.56. The van der Waals surface area contributed by atoms with Crippen LogP contribution in [0.4, 0.5) is 0 Å². The number of rotatable bonds is 2. The van der Waals surface area contributed by atoms with E-state index in [4.69, 9.17) is 0 Å². The van der Waals surface area contributed by atoms with Crippen molar-refractivity contribution in [1.29, 1.82) is 0 Å². The van der Waals surface area contributed by atoms with Crippen molar-refractivity contribution >= 4 is 0 Å². The Morgan fingerprint density at radius 2 is 1.88 bits per heavy atom. The number of likely N-dealkylation sites (tertiary alicyclic amines) is 1. The molecule has 1 N–H and O–H groups in total. The molecule has 0 aromatic rings. The molecule has 0 aromatic carbocycles. The van der Waals surface area contributed by atoms with E-state index in [-0.39, 0.29) is 6.10 Å². The number of hydrogen-bond acceptors (Lipinski definition) is 2. The maximum atomic E-state index is 10.2. The van der Waals surface area contributed by atoms with Gasteiger partial charge in [-0.25, -0.2) is 0 Å². The van der Waals surface area contributed by atoms with Crippen LogP contribution in [-0.2, 0) is 0 Å². The van der Waals surface area contributed by atoms with Crippen molar-refractivity contribution in [1.82, 2.24) is 4.90 Å². The Hall–Kier alpha value is -0.0800. The molecule has 0 amide bonds. The standard InChI is InChI=1S/C14H25NO/c16-14-5-3-1-2-4-12(14)10-15-9-11-6-7-13(15)8-11/h11-14,16H,1-10H2. The normalized spacial score (nSPS) is 44.8. The van der Waals surface area contributed by atoms with Crippen molar-refractivity contribution in [3.63, 3.8) is 0 Å². The maximum Gasteiger partial charge on any atom is 0.0580 e. The van der Waals surface area contributed by atoms with Gasteiger partial charge in [0.1, 0.15) is 0 Å². The number of nitrogens with zero attached hydrogens (tertiary/aromatic N) is 1. The van der Waals surface area contributed by atoms with Crippen LogP contribution in [-0.4, -0.2) is 35.2 Å². The highest BCUT2D eigenvalue weighted by Gasteiger charge is 2.39. The Balaban J connectivity index is 1.56. The third kappa shape index (κ3) is 2.14. The van der Waals surface area contributed by atoms with Crippen molar-refractivity contribution in [2.45, 2.75) is 63.5 Å². The van der Waals surface area contributed by atoms with Gasteiger partial charge in [-0.2, -0.15) is 0 Å². The van der Waals surface area contributed by atoms with Crippen LogP contribution in [0.3, 0.4) is 0 Å². The van der Waals surface area contributed by atoms with Crippen LogP contribution < -0.4 is 0 Å². The molecule has 2 bridgehead atoms. The van der Waals surface area contributed by atoms with Gasteiger partial charge in [-0.15, -0.1) is 0 Å². The van der Waals surface area contributed by atoms with Crippen LogP contribution in [0.5, 0.6) is 0 Å². The molecular formula is C14H25NO. The SMILES string of the molecule is OC1CCCCCC1CN1CC2CCC1C2. The van der Waals surface area contributed by atoms with E-state index in [1.54, 1.807) is 0 Å². The summed E-state index contributed by atoms with van der Waals surface area (Å²) in [7, 11) is 0. The second kappa shape index (κ2) is 4.66.